The molecule has 0 aromatic heterocycles. The van der Waals surface area contributed by atoms with Crippen LogP contribution in [0.1, 0.15) is 30.5 Å². The van der Waals surface area contributed by atoms with Crippen LogP contribution in [0.2, 0.25) is 0 Å². The highest BCUT2D eigenvalue weighted by Crippen LogP contribution is 2.29. The minimum atomic E-state index is 0.117. The molecule has 0 radical (unpaired) electrons. The Morgan fingerprint density at radius 2 is 1.92 bits per heavy atom. The van der Waals surface area contributed by atoms with Crippen LogP contribution in [0.4, 0.5) is 0 Å². The van der Waals surface area contributed by atoms with Crippen LogP contribution in [0.15, 0.2) is 21.1 Å². The van der Waals surface area contributed by atoms with E-state index in [0.717, 1.165) is 15.4 Å². The van der Waals surface area contributed by atoms with E-state index >= 15 is 0 Å². The number of hydrogen-bond acceptors (Lipinski definition) is 1. The highest BCUT2D eigenvalue weighted by Gasteiger charge is 2.09. The van der Waals surface area contributed by atoms with Gasteiger partial charge in [-0.3, -0.25) is 0 Å². The molecule has 0 fully saturated rings. The fourth-order valence-electron chi connectivity index (χ4n) is 1.17. The third-order valence-corrected chi connectivity index (χ3v) is 3.66. The first kappa shape index (κ1) is 11.2. The molecule has 1 nitrogen and oxygen atoms in total. The average Bonchev–Trinajstić information content (AvgIpc) is 2.10. The standard InChI is InChI=1S/C10H13Br2N/c1-3-10(13)7-5-8(11)6(2)4-9(7)12/h4-5,10H,3,13H2,1-2H3/t10-/m1/s1. The van der Waals surface area contributed by atoms with Crippen molar-refractivity contribution in [1.82, 2.24) is 0 Å². The van der Waals surface area contributed by atoms with Crippen molar-refractivity contribution >= 4 is 31.9 Å². The first-order valence-corrected chi connectivity index (χ1v) is 5.86. The van der Waals surface area contributed by atoms with E-state index in [1.54, 1.807) is 0 Å². The molecule has 0 unspecified atom stereocenters. The van der Waals surface area contributed by atoms with Crippen molar-refractivity contribution in [3.63, 3.8) is 0 Å². The summed E-state index contributed by atoms with van der Waals surface area (Å²) in [5, 5.41) is 0. The number of benzene rings is 1. The monoisotopic (exact) mass is 305 g/mol. The third-order valence-electron chi connectivity index (χ3n) is 2.12. The van der Waals surface area contributed by atoms with Crippen LogP contribution in [0.3, 0.4) is 0 Å². The minimum absolute atomic E-state index is 0.117. The summed E-state index contributed by atoms with van der Waals surface area (Å²) in [6.45, 7) is 4.15. The summed E-state index contributed by atoms with van der Waals surface area (Å²) in [6, 6.07) is 4.30. The number of aryl methyl sites for hydroxylation is 1. The van der Waals surface area contributed by atoms with Gasteiger partial charge in [-0.05, 0) is 36.6 Å². The molecular formula is C10H13Br2N. The lowest BCUT2D eigenvalue weighted by molar-refractivity contribution is 0.694. The van der Waals surface area contributed by atoms with Crippen LogP contribution in [0.5, 0.6) is 0 Å². The van der Waals surface area contributed by atoms with Gasteiger partial charge in [-0.15, -0.1) is 0 Å². The number of nitrogens with two attached hydrogens (primary N) is 1. The zero-order valence-corrected chi connectivity index (χ0v) is 10.9. The van der Waals surface area contributed by atoms with Gasteiger partial charge in [-0.2, -0.15) is 0 Å². The Hall–Kier alpha value is 0.140. The summed E-state index contributed by atoms with van der Waals surface area (Å²) < 4.78 is 2.22. The van der Waals surface area contributed by atoms with Crippen LogP contribution in [-0.4, -0.2) is 0 Å². The van der Waals surface area contributed by atoms with Crippen LogP contribution < -0.4 is 5.73 Å². The molecule has 3 heteroatoms. The van der Waals surface area contributed by atoms with E-state index < -0.39 is 0 Å². The molecule has 13 heavy (non-hydrogen) atoms. The summed E-state index contributed by atoms with van der Waals surface area (Å²) in [4.78, 5) is 0. The van der Waals surface area contributed by atoms with Crippen molar-refractivity contribution < 1.29 is 0 Å². The molecule has 2 N–H and O–H groups in total. The molecule has 0 saturated heterocycles. The van der Waals surface area contributed by atoms with Crippen molar-refractivity contribution in [2.45, 2.75) is 26.3 Å². The van der Waals surface area contributed by atoms with Gasteiger partial charge in [0.25, 0.3) is 0 Å². The van der Waals surface area contributed by atoms with E-state index in [-0.39, 0.29) is 6.04 Å². The van der Waals surface area contributed by atoms with Crippen LogP contribution in [0, 0.1) is 6.92 Å². The van der Waals surface area contributed by atoms with E-state index in [9.17, 15) is 0 Å². The van der Waals surface area contributed by atoms with Gasteiger partial charge in [0.05, 0.1) is 0 Å². The third kappa shape index (κ3) is 2.55. The quantitative estimate of drug-likeness (QED) is 0.880. The molecule has 0 bridgehead atoms. The van der Waals surface area contributed by atoms with Crippen molar-refractivity contribution in [1.29, 1.82) is 0 Å². The van der Waals surface area contributed by atoms with Crippen LogP contribution >= 0.6 is 31.9 Å². The maximum Gasteiger partial charge on any atom is 0.0303 e. The van der Waals surface area contributed by atoms with E-state index in [4.69, 9.17) is 5.73 Å². The molecule has 0 aliphatic rings. The van der Waals surface area contributed by atoms with Gasteiger partial charge < -0.3 is 5.73 Å². The highest BCUT2D eigenvalue weighted by molar-refractivity contribution is 9.11. The lowest BCUT2D eigenvalue weighted by Crippen LogP contribution is -2.09. The SMILES string of the molecule is CC[C@@H](N)c1cc(Br)c(C)cc1Br. The molecule has 0 spiro atoms. The molecule has 0 heterocycles. The van der Waals surface area contributed by atoms with Crippen LogP contribution in [0.25, 0.3) is 0 Å². The van der Waals surface area contributed by atoms with Crippen molar-refractivity contribution in [2.24, 2.45) is 5.73 Å². The second-order valence-electron chi connectivity index (χ2n) is 3.14. The Morgan fingerprint density at radius 1 is 1.31 bits per heavy atom. The predicted octanol–water partition coefficient (Wildman–Crippen LogP) is 3.93. The molecule has 0 aliphatic heterocycles. The smallest absolute Gasteiger partial charge is 0.0303 e. The maximum atomic E-state index is 5.96. The fraction of sp³-hybridized carbons (Fsp3) is 0.400. The number of rotatable bonds is 2. The zero-order valence-electron chi connectivity index (χ0n) is 7.77. The molecular weight excluding hydrogens is 294 g/mol. The summed E-state index contributed by atoms with van der Waals surface area (Å²) in [6.07, 6.45) is 0.952. The normalized spacial score (nSPS) is 13.0. The molecule has 1 atom stereocenters. The maximum absolute atomic E-state index is 5.96. The summed E-state index contributed by atoms with van der Waals surface area (Å²) in [5.74, 6) is 0. The van der Waals surface area contributed by atoms with E-state index in [1.807, 2.05) is 0 Å². The van der Waals surface area contributed by atoms with Gasteiger partial charge in [0.1, 0.15) is 0 Å². The molecule has 1 aromatic carbocycles. The Bertz CT molecular complexity index is 310. The Morgan fingerprint density at radius 3 is 2.46 bits per heavy atom. The first-order chi connectivity index (χ1) is 6.06. The fourth-order valence-corrected chi connectivity index (χ4v) is 2.28. The molecule has 0 aliphatic carbocycles. The van der Waals surface area contributed by atoms with E-state index in [1.165, 1.54) is 11.1 Å². The average molecular weight is 307 g/mol. The van der Waals surface area contributed by atoms with Crippen LogP contribution in [-0.2, 0) is 0 Å². The van der Waals surface area contributed by atoms with Gasteiger partial charge in [0, 0.05) is 15.0 Å². The van der Waals surface area contributed by atoms with Gasteiger partial charge >= 0.3 is 0 Å². The zero-order chi connectivity index (χ0) is 10.0. The Kier molecular flexibility index (Phi) is 3.95. The number of hydrogen-bond donors (Lipinski definition) is 1. The topological polar surface area (TPSA) is 26.0 Å². The van der Waals surface area contributed by atoms with E-state index in [2.05, 4.69) is 57.8 Å². The lowest BCUT2D eigenvalue weighted by atomic mass is 10.0. The minimum Gasteiger partial charge on any atom is -0.324 e. The van der Waals surface area contributed by atoms with Gasteiger partial charge in [-0.1, -0.05) is 38.8 Å². The number of halogens is 2. The summed E-state index contributed by atoms with van der Waals surface area (Å²) >= 11 is 7.02. The molecule has 0 saturated carbocycles. The molecule has 72 valence electrons. The Balaban J connectivity index is 3.15. The highest BCUT2D eigenvalue weighted by atomic mass is 79.9. The predicted molar refractivity (Wildman–Crippen MR) is 63.8 cm³/mol. The summed E-state index contributed by atoms with van der Waals surface area (Å²) in [5.41, 5.74) is 8.35. The first-order valence-electron chi connectivity index (χ1n) is 4.27. The summed E-state index contributed by atoms with van der Waals surface area (Å²) in [7, 11) is 0. The van der Waals surface area contributed by atoms with Gasteiger partial charge in [-0.25, -0.2) is 0 Å². The lowest BCUT2D eigenvalue weighted by Gasteiger charge is -2.13. The van der Waals surface area contributed by atoms with Crippen molar-refractivity contribution in [3.8, 4) is 0 Å². The molecule has 0 amide bonds. The second kappa shape index (κ2) is 4.58. The van der Waals surface area contributed by atoms with E-state index in [0.29, 0.717) is 0 Å². The second-order valence-corrected chi connectivity index (χ2v) is 4.85. The molecule has 1 rings (SSSR count). The largest absolute Gasteiger partial charge is 0.324 e. The van der Waals surface area contributed by atoms with Crippen molar-refractivity contribution in [2.75, 3.05) is 0 Å². The van der Waals surface area contributed by atoms with Crippen molar-refractivity contribution in [3.05, 3.63) is 32.2 Å². The Labute approximate surface area is 96.0 Å². The molecule has 1 aromatic rings. The van der Waals surface area contributed by atoms with Gasteiger partial charge in [0.2, 0.25) is 0 Å². The van der Waals surface area contributed by atoms with Gasteiger partial charge in [0.15, 0.2) is 0 Å².